The molecule has 0 aromatic heterocycles. The summed E-state index contributed by atoms with van der Waals surface area (Å²) in [6, 6.07) is 25.2. The van der Waals surface area contributed by atoms with Gasteiger partial charge in [-0.25, -0.2) is 4.79 Å². The topological polar surface area (TPSA) is 109 Å². The molecule has 0 saturated heterocycles. The molecule has 0 aliphatic rings. The van der Waals surface area contributed by atoms with Crippen molar-refractivity contribution in [2.45, 2.75) is 60.2 Å². The summed E-state index contributed by atoms with van der Waals surface area (Å²) in [5, 5.41) is 8.43. The minimum atomic E-state index is -0.207. The van der Waals surface area contributed by atoms with Crippen LogP contribution in [-0.2, 0) is 22.7 Å². The molecule has 0 fully saturated rings. The van der Waals surface area contributed by atoms with Gasteiger partial charge in [0.2, 0.25) is 5.91 Å². The Balaban J connectivity index is 0.000000624. The summed E-state index contributed by atoms with van der Waals surface area (Å²) in [5.74, 6) is 1.66. The minimum absolute atomic E-state index is 0.0255. The summed E-state index contributed by atoms with van der Waals surface area (Å²) in [5.41, 5.74) is 2.92. The molecule has 9 heteroatoms. The Labute approximate surface area is 263 Å². The van der Waals surface area contributed by atoms with Crippen LogP contribution in [0.25, 0.3) is 0 Å². The van der Waals surface area contributed by atoms with E-state index in [4.69, 9.17) is 9.47 Å². The van der Waals surface area contributed by atoms with E-state index in [1.807, 2.05) is 121 Å². The van der Waals surface area contributed by atoms with Crippen molar-refractivity contribution in [3.05, 3.63) is 90.0 Å². The summed E-state index contributed by atoms with van der Waals surface area (Å²) < 4.78 is 11.4. The van der Waals surface area contributed by atoms with E-state index >= 15 is 0 Å². The van der Waals surface area contributed by atoms with Crippen molar-refractivity contribution >= 4 is 23.9 Å². The van der Waals surface area contributed by atoms with Gasteiger partial charge in [-0.3, -0.25) is 4.79 Å². The number of nitrogens with zero attached hydrogens (tertiary/aromatic N) is 1. The lowest BCUT2D eigenvalue weighted by Gasteiger charge is -2.18. The number of likely N-dealkylation sites (N-methyl/N-ethyl adjacent to an activating group) is 1. The van der Waals surface area contributed by atoms with Crippen LogP contribution in [0.2, 0.25) is 0 Å². The maximum atomic E-state index is 12.0. The van der Waals surface area contributed by atoms with E-state index in [9.17, 15) is 14.4 Å². The third-order valence-electron chi connectivity index (χ3n) is 5.55. The Morgan fingerprint density at radius 1 is 0.909 bits per heavy atom. The second-order valence-electron chi connectivity index (χ2n) is 11.6. The van der Waals surface area contributed by atoms with Crippen molar-refractivity contribution in [2.75, 3.05) is 32.6 Å². The molecule has 3 aromatic carbocycles. The lowest BCUT2D eigenvalue weighted by atomic mass is 10.1. The van der Waals surface area contributed by atoms with Crippen LogP contribution in [0.1, 0.15) is 52.7 Å². The summed E-state index contributed by atoms with van der Waals surface area (Å²) in [7, 11) is 3.66. The van der Waals surface area contributed by atoms with Gasteiger partial charge < -0.3 is 35.1 Å². The van der Waals surface area contributed by atoms with Gasteiger partial charge in [0, 0.05) is 43.7 Å². The van der Waals surface area contributed by atoms with E-state index in [1.165, 1.54) is 6.92 Å². The van der Waals surface area contributed by atoms with Crippen LogP contribution in [0.15, 0.2) is 78.9 Å². The van der Waals surface area contributed by atoms with Crippen LogP contribution in [0.3, 0.4) is 0 Å². The molecule has 3 rings (SSSR count). The SMILES string of the molecule is CC(=O)NC(C)(C)C.CC(C)C=O.COc1cc(CN(C)CCNC(=O)Nc2ccccc2)ccc1OCc1ccccc1. The number of anilines is 1. The van der Waals surface area contributed by atoms with Gasteiger partial charge in [0.05, 0.1) is 7.11 Å². The minimum Gasteiger partial charge on any atom is -0.493 e. The van der Waals surface area contributed by atoms with Gasteiger partial charge in [0.1, 0.15) is 12.9 Å². The molecule has 0 radical (unpaired) electrons. The molecular formula is C35H50N4O5. The lowest BCUT2D eigenvalue weighted by molar-refractivity contribution is -0.120. The number of urea groups is 1. The first-order valence-corrected chi connectivity index (χ1v) is 14.7. The zero-order valence-electron chi connectivity index (χ0n) is 27.5. The van der Waals surface area contributed by atoms with Gasteiger partial charge >= 0.3 is 6.03 Å². The largest absolute Gasteiger partial charge is 0.493 e. The molecule has 240 valence electrons. The molecule has 0 heterocycles. The Hall–Kier alpha value is -4.37. The van der Waals surface area contributed by atoms with Gasteiger partial charge in [0.15, 0.2) is 11.5 Å². The number of amides is 3. The maximum absolute atomic E-state index is 12.0. The maximum Gasteiger partial charge on any atom is 0.319 e. The number of hydrogen-bond donors (Lipinski definition) is 3. The average Bonchev–Trinajstić information content (AvgIpc) is 2.96. The van der Waals surface area contributed by atoms with Crippen LogP contribution in [0.5, 0.6) is 11.5 Å². The Kier molecular flexibility index (Phi) is 17.6. The first-order valence-electron chi connectivity index (χ1n) is 14.7. The number of benzene rings is 3. The molecule has 0 spiro atoms. The van der Waals surface area contributed by atoms with E-state index < -0.39 is 0 Å². The molecule has 0 saturated carbocycles. The highest BCUT2D eigenvalue weighted by Gasteiger charge is 2.10. The van der Waals surface area contributed by atoms with Gasteiger partial charge in [-0.2, -0.15) is 0 Å². The number of aldehydes is 1. The molecule has 9 nitrogen and oxygen atoms in total. The van der Waals surface area contributed by atoms with Crippen molar-refractivity contribution in [1.29, 1.82) is 0 Å². The monoisotopic (exact) mass is 606 g/mol. The van der Waals surface area contributed by atoms with Crippen molar-refractivity contribution in [2.24, 2.45) is 5.92 Å². The third kappa shape index (κ3) is 18.2. The first-order chi connectivity index (χ1) is 20.8. The molecular weight excluding hydrogens is 556 g/mol. The highest BCUT2D eigenvalue weighted by atomic mass is 16.5. The van der Waals surface area contributed by atoms with Gasteiger partial charge in [-0.15, -0.1) is 0 Å². The summed E-state index contributed by atoms with van der Waals surface area (Å²) in [6.45, 7) is 13.6. The van der Waals surface area contributed by atoms with Crippen molar-refractivity contribution in [1.82, 2.24) is 15.5 Å². The fraction of sp³-hybridized carbons (Fsp3) is 0.400. The summed E-state index contributed by atoms with van der Waals surface area (Å²) in [4.78, 5) is 34.0. The normalized spacial score (nSPS) is 10.4. The average molecular weight is 607 g/mol. The van der Waals surface area contributed by atoms with E-state index in [-0.39, 0.29) is 23.4 Å². The van der Waals surface area contributed by atoms with Crippen molar-refractivity contribution in [3.63, 3.8) is 0 Å². The van der Waals surface area contributed by atoms with E-state index in [0.717, 1.165) is 41.9 Å². The first kappa shape index (κ1) is 37.7. The standard InChI is InChI=1S/C25H29N3O3.C6H13NO.C4H8O/c1-28(16-15-26-25(29)27-22-11-7-4-8-12-22)18-21-13-14-23(24(17-21)30-2)31-19-20-9-5-3-6-10-20;1-5(8)7-6(2,3)4;1-4(2)3-5/h3-14,17H,15-16,18-19H2,1-2H3,(H2,26,27,29);1-4H3,(H,7,8);3-4H,1-2H3. The van der Waals surface area contributed by atoms with Gasteiger partial charge in [-0.05, 0) is 63.2 Å². The number of carbonyl (C=O) groups excluding carboxylic acids is 3. The van der Waals surface area contributed by atoms with Crippen LogP contribution in [0, 0.1) is 5.92 Å². The third-order valence-corrected chi connectivity index (χ3v) is 5.55. The van der Waals surface area contributed by atoms with Crippen molar-refractivity contribution in [3.8, 4) is 11.5 Å². The van der Waals surface area contributed by atoms with Crippen LogP contribution in [-0.4, -0.2) is 55.9 Å². The molecule has 3 amide bonds. The molecule has 3 aromatic rings. The quantitative estimate of drug-likeness (QED) is 0.222. The second-order valence-corrected chi connectivity index (χ2v) is 11.6. The summed E-state index contributed by atoms with van der Waals surface area (Å²) in [6.07, 6.45) is 0.917. The molecule has 0 unspecified atom stereocenters. The van der Waals surface area contributed by atoms with Gasteiger partial charge in [0.25, 0.3) is 0 Å². The highest BCUT2D eigenvalue weighted by Crippen LogP contribution is 2.29. The second kappa shape index (κ2) is 20.5. The number of hydrogen-bond acceptors (Lipinski definition) is 6. The van der Waals surface area contributed by atoms with E-state index in [1.54, 1.807) is 7.11 Å². The smallest absolute Gasteiger partial charge is 0.319 e. The van der Waals surface area contributed by atoms with Crippen LogP contribution >= 0.6 is 0 Å². The zero-order chi connectivity index (χ0) is 33.0. The Bertz CT molecular complexity index is 1240. The fourth-order valence-corrected chi connectivity index (χ4v) is 3.64. The van der Waals surface area contributed by atoms with E-state index in [2.05, 4.69) is 20.9 Å². The molecule has 3 N–H and O–H groups in total. The number of rotatable bonds is 11. The number of para-hydroxylation sites is 1. The molecule has 0 aliphatic carbocycles. The van der Waals surface area contributed by atoms with Gasteiger partial charge in [-0.1, -0.05) is 68.4 Å². The number of methoxy groups -OCH3 is 1. The zero-order valence-corrected chi connectivity index (χ0v) is 27.5. The number of carbonyl (C=O) groups is 3. The predicted octanol–water partition coefficient (Wildman–Crippen LogP) is 6.29. The molecule has 44 heavy (non-hydrogen) atoms. The van der Waals surface area contributed by atoms with E-state index in [0.29, 0.717) is 18.9 Å². The molecule has 0 atom stereocenters. The number of ether oxygens (including phenoxy) is 2. The fourth-order valence-electron chi connectivity index (χ4n) is 3.64. The summed E-state index contributed by atoms with van der Waals surface area (Å²) >= 11 is 0. The molecule has 0 aliphatic heterocycles. The highest BCUT2D eigenvalue weighted by molar-refractivity contribution is 5.89. The number of nitrogens with one attached hydrogen (secondary N) is 3. The van der Waals surface area contributed by atoms with Crippen LogP contribution in [0.4, 0.5) is 10.5 Å². The Morgan fingerprint density at radius 3 is 2.00 bits per heavy atom. The van der Waals surface area contributed by atoms with Crippen LogP contribution < -0.4 is 25.4 Å². The predicted molar refractivity (Wildman–Crippen MR) is 178 cm³/mol. The lowest BCUT2D eigenvalue weighted by Crippen LogP contribution is -2.38. The van der Waals surface area contributed by atoms with Crippen molar-refractivity contribution < 1.29 is 23.9 Å². The Morgan fingerprint density at radius 2 is 1.50 bits per heavy atom. The molecule has 0 bridgehead atoms.